The SMILES string of the molecule is CCOC(=O)c1[nH]cc(C(F)(F)F)c1C#N. The number of hydrogen-bond acceptors (Lipinski definition) is 3. The number of rotatable bonds is 2. The van der Waals surface area contributed by atoms with Crippen molar-refractivity contribution in [1.82, 2.24) is 4.98 Å². The Morgan fingerprint density at radius 3 is 2.69 bits per heavy atom. The number of carbonyl (C=O) groups excluding carboxylic acids is 1. The van der Waals surface area contributed by atoms with Gasteiger partial charge in [0.1, 0.15) is 11.8 Å². The van der Waals surface area contributed by atoms with Gasteiger partial charge in [-0.1, -0.05) is 0 Å². The average molecular weight is 232 g/mol. The Bertz CT molecular complexity index is 443. The summed E-state index contributed by atoms with van der Waals surface area (Å²) < 4.78 is 41.6. The highest BCUT2D eigenvalue weighted by molar-refractivity contribution is 5.90. The fraction of sp³-hybridized carbons (Fsp3) is 0.333. The molecule has 1 aromatic rings. The predicted octanol–water partition coefficient (Wildman–Crippen LogP) is 2.08. The van der Waals surface area contributed by atoms with Crippen LogP contribution in [0.2, 0.25) is 0 Å². The van der Waals surface area contributed by atoms with E-state index in [4.69, 9.17) is 5.26 Å². The highest BCUT2D eigenvalue weighted by atomic mass is 19.4. The maximum Gasteiger partial charge on any atom is 0.419 e. The lowest BCUT2D eigenvalue weighted by atomic mass is 10.1. The molecule has 0 radical (unpaired) electrons. The molecule has 86 valence electrons. The molecule has 0 aliphatic rings. The van der Waals surface area contributed by atoms with Crippen LogP contribution in [0.15, 0.2) is 6.20 Å². The number of nitriles is 1. The summed E-state index contributed by atoms with van der Waals surface area (Å²) in [4.78, 5) is 13.3. The van der Waals surface area contributed by atoms with Gasteiger partial charge in [-0.15, -0.1) is 0 Å². The standard InChI is InChI=1S/C9H7F3N2O2/c1-2-16-8(15)7-5(3-13)6(4-14-7)9(10,11)12/h4,14H,2H2,1H3. The number of aromatic nitrogens is 1. The minimum absolute atomic E-state index is 0.0179. The number of nitrogens with zero attached hydrogens (tertiary/aromatic N) is 1. The van der Waals surface area contributed by atoms with Gasteiger partial charge in [-0.2, -0.15) is 18.4 Å². The first-order chi connectivity index (χ1) is 7.41. The second-order valence-electron chi connectivity index (χ2n) is 2.78. The van der Waals surface area contributed by atoms with Crippen LogP contribution in [0, 0.1) is 11.3 Å². The molecule has 7 heteroatoms. The van der Waals surface area contributed by atoms with E-state index < -0.39 is 29.0 Å². The number of esters is 1. The second-order valence-corrected chi connectivity index (χ2v) is 2.78. The first-order valence-corrected chi connectivity index (χ1v) is 4.27. The Labute approximate surface area is 88.6 Å². The molecule has 0 fully saturated rings. The third-order valence-corrected chi connectivity index (χ3v) is 1.78. The normalized spacial score (nSPS) is 10.9. The molecule has 1 rings (SSSR count). The van der Waals surface area contributed by atoms with Crippen LogP contribution in [-0.2, 0) is 10.9 Å². The summed E-state index contributed by atoms with van der Waals surface area (Å²) in [6.45, 7) is 1.53. The summed E-state index contributed by atoms with van der Waals surface area (Å²) in [5.74, 6) is -0.977. The van der Waals surface area contributed by atoms with Gasteiger partial charge < -0.3 is 9.72 Å². The first kappa shape index (κ1) is 12.1. The van der Waals surface area contributed by atoms with Crippen molar-refractivity contribution in [1.29, 1.82) is 5.26 Å². The highest BCUT2D eigenvalue weighted by Crippen LogP contribution is 2.33. The van der Waals surface area contributed by atoms with Crippen molar-refractivity contribution in [3.05, 3.63) is 23.0 Å². The lowest BCUT2D eigenvalue weighted by Gasteiger charge is -2.03. The van der Waals surface area contributed by atoms with Gasteiger partial charge in [0.2, 0.25) is 0 Å². The summed E-state index contributed by atoms with van der Waals surface area (Å²) in [6.07, 6.45) is -4.10. The van der Waals surface area contributed by atoms with Gasteiger partial charge in [0.15, 0.2) is 0 Å². The molecule has 0 atom stereocenters. The zero-order chi connectivity index (χ0) is 12.3. The van der Waals surface area contributed by atoms with Crippen LogP contribution in [0.25, 0.3) is 0 Å². The number of aromatic amines is 1. The summed E-state index contributed by atoms with van der Waals surface area (Å²) >= 11 is 0. The minimum Gasteiger partial charge on any atom is -0.461 e. The van der Waals surface area contributed by atoms with Gasteiger partial charge >= 0.3 is 12.1 Å². The van der Waals surface area contributed by atoms with Crippen LogP contribution in [-0.4, -0.2) is 17.6 Å². The van der Waals surface area contributed by atoms with Crippen molar-refractivity contribution in [2.75, 3.05) is 6.61 Å². The fourth-order valence-corrected chi connectivity index (χ4v) is 1.13. The van der Waals surface area contributed by atoms with Gasteiger partial charge in [0, 0.05) is 6.20 Å². The summed E-state index contributed by atoms with van der Waals surface area (Å²) in [7, 11) is 0. The molecule has 4 nitrogen and oxygen atoms in total. The van der Waals surface area contributed by atoms with E-state index in [1.54, 1.807) is 0 Å². The quantitative estimate of drug-likeness (QED) is 0.794. The van der Waals surface area contributed by atoms with Crippen molar-refractivity contribution in [2.45, 2.75) is 13.1 Å². The summed E-state index contributed by atoms with van der Waals surface area (Å²) in [5, 5.41) is 8.59. The number of halogens is 3. The van der Waals surface area contributed by atoms with Crippen LogP contribution in [0.4, 0.5) is 13.2 Å². The van der Waals surface area contributed by atoms with Crippen LogP contribution >= 0.6 is 0 Å². The van der Waals surface area contributed by atoms with E-state index in [1.807, 2.05) is 0 Å². The fourth-order valence-electron chi connectivity index (χ4n) is 1.13. The van der Waals surface area contributed by atoms with Crippen molar-refractivity contribution in [2.24, 2.45) is 0 Å². The Balaban J connectivity index is 3.21. The Kier molecular flexibility index (Phi) is 3.22. The van der Waals surface area contributed by atoms with Gasteiger partial charge in [0.05, 0.1) is 17.7 Å². The maximum atomic E-state index is 12.4. The van der Waals surface area contributed by atoms with Crippen molar-refractivity contribution in [3.8, 4) is 6.07 Å². The molecule has 0 saturated carbocycles. The molecule has 0 amide bonds. The number of hydrogen-bond donors (Lipinski definition) is 1. The van der Waals surface area contributed by atoms with E-state index in [-0.39, 0.29) is 6.61 Å². The van der Waals surface area contributed by atoms with Crippen LogP contribution < -0.4 is 0 Å². The molecule has 0 aliphatic carbocycles. The van der Waals surface area contributed by atoms with Crippen LogP contribution in [0.3, 0.4) is 0 Å². The number of nitrogens with one attached hydrogen (secondary N) is 1. The molecule has 1 heterocycles. The van der Waals surface area contributed by atoms with Gasteiger partial charge in [-0.3, -0.25) is 0 Å². The predicted molar refractivity (Wildman–Crippen MR) is 46.5 cm³/mol. The average Bonchev–Trinajstić information content (AvgIpc) is 2.60. The molecule has 0 aromatic carbocycles. The molecule has 0 spiro atoms. The van der Waals surface area contributed by atoms with Gasteiger partial charge in [-0.25, -0.2) is 4.79 Å². The van der Waals surface area contributed by atoms with E-state index in [9.17, 15) is 18.0 Å². The molecule has 16 heavy (non-hydrogen) atoms. The molecule has 0 unspecified atom stereocenters. The Morgan fingerprint density at radius 2 is 2.25 bits per heavy atom. The third kappa shape index (κ3) is 2.16. The molecular weight excluding hydrogens is 225 g/mol. The largest absolute Gasteiger partial charge is 0.461 e. The number of H-pyrrole nitrogens is 1. The highest BCUT2D eigenvalue weighted by Gasteiger charge is 2.37. The zero-order valence-corrected chi connectivity index (χ0v) is 8.18. The van der Waals surface area contributed by atoms with Crippen LogP contribution in [0.1, 0.15) is 28.5 Å². The zero-order valence-electron chi connectivity index (χ0n) is 8.18. The first-order valence-electron chi connectivity index (χ1n) is 4.27. The Morgan fingerprint density at radius 1 is 1.62 bits per heavy atom. The summed E-state index contributed by atoms with van der Waals surface area (Å²) in [6, 6.07) is 1.34. The second kappa shape index (κ2) is 4.26. The minimum atomic E-state index is -4.67. The van der Waals surface area contributed by atoms with Crippen molar-refractivity contribution in [3.63, 3.8) is 0 Å². The van der Waals surface area contributed by atoms with Gasteiger partial charge in [-0.05, 0) is 6.92 Å². The van der Waals surface area contributed by atoms with E-state index in [2.05, 4.69) is 9.72 Å². The third-order valence-electron chi connectivity index (χ3n) is 1.78. The van der Waals surface area contributed by atoms with E-state index in [0.29, 0.717) is 6.20 Å². The maximum absolute atomic E-state index is 12.4. The number of ether oxygens (including phenoxy) is 1. The molecule has 0 saturated heterocycles. The Hall–Kier alpha value is -1.97. The molecule has 0 aliphatic heterocycles. The number of carbonyl (C=O) groups is 1. The van der Waals surface area contributed by atoms with Crippen molar-refractivity contribution < 1.29 is 22.7 Å². The summed E-state index contributed by atoms with van der Waals surface area (Å²) in [5.41, 5.74) is -2.39. The molecule has 0 bridgehead atoms. The lowest BCUT2D eigenvalue weighted by molar-refractivity contribution is -0.137. The molecular formula is C9H7F3N2O2. The van der Waals surface area contributed by atoms with E-state index in [1.165, 1.54) is 13.0 Å². The molecule has 1 N–H and O–H groups in total. The van der Waals surface area contributed by atoms with Crippen molar-refractivity contribution >= 4 is 5.97 Å². The molecule has 1 aromatic heterocycles. The van der Waals surface area contributed by atoms with Crippen LogP contribution in [0.5, 0.6) is 0 Å². The van der Waals surface area contributed by atoms with Gasteiger partial charge in [0.25, 0.3) is 0 Å². The van der Waals surface area contributed by atoms with E-state index >= 15 is 0 Å². The monoisotopic (exact) mass is 232 g/mol. The smallest absolute Gasteiger partial charge is 0.419 e. The van der Waals surface area contributed by atoms with E-state index in [0.717, 1.165) is 0 Å². The number of alkyl halides is 3. The lowest BCUT2D eigenvalue weighted by Crippen LogP contribution is -2.09. The topological polar surface area (TPSA) is 65.9 Å².